The molecule has 2 aliphatic rings. The van der Waals surface area contributed by atoms with Crippen molar-refractivity contribution in [3.63, 3.8) is 0 Å². The standard InChI is InChI=1S/C23H23ClN10O/c1-15-17(8-26-22(29-15)32-12-23(13-32)4-5-23)10-33-11-18(9-28-33)21(35)25-7-16-6-19(24)2-3-20(16)34-14-27-30-31-34/h2-3,6,8-9,11,14H,4-5,7,10,12-13H2,1H3,(H,25,35). The minimum absolute atomic E-state index is 0.242. The molecule has 2 fully saturated rings. The normalized spacial score (nSPS) is 15.8. The molecule has 1 N–H and O–H groups in total. The lowest BCUT2D eigenvalue weighted by Gasteiger charge is -2.40. The Labute approximate surface area is 206 Å². The van der Waals surface area contributed by atoms with Crippen molar-refractivity contribution in [3.05, 3.63) is 70.5 Å². The van der Waals surface area contributed by atoms with E-state index in [0.717, 1.165) is 41.5 Å². The van der Waals surface area contributed by atoms with E-state index < -0.39 is 0 Å². The molecule has 6 rings (SSSR count). The van der Waals surface area contributed by atoms with E-state index >= 15 is 0 Å². The Balaban J connectivity index is 1.10. The van der Waals surface area contributed by atoms with Crippen molar-refractivity contribution in [2.24, 2.45) is 5.41 Å². The van der Waals surface area contributed by atoms with Crippen LogP contribution in [0.25, 0.3) is 5.69 Å². The molecule has 4 aromatic rings. The molecule has 1 aromatic carbocycles. The molecular formula is C23H23ClN10O. The molecule has 3 aromatic heterocycles. The van der Waals surface area contributed by atoms with Gasteiger partial charge in [0.1, 0.15) is 6.33 Å². The summed E-state index contributed by atoms with van der Waals surface area (Å²) in [5.74, 6) is 0.556. The average molecular weight is 491 g/mol. The predicted octanol–water partition coefficient (Wildman–Crippen LogP) is 2.19. The van der Waals surface area contributed by atoms with E-state index in [4.69, 9.17) is 16.6 Å². The van der Waals surface area contributed by atoms with Crippen molar-refractivity contribution in [2.75, 3.05) is 18.0 Å². The molecule has 1 saturated heterocycles. The molecule has 11 nitrogen and oxygen atoms in total. The molecule has 178 valence electrons. The third-order valence-electron chi connectivity index (χ3n) is 6.67. The van der Waals surface area contributed by atoms with Crippen LogP contribution in [0.5, 0.6) is 0 Å². The van der Waals surface area contributed by atoms with Gasteiger partial charge in [0.15, 0.2) is 0 Å². The van der Waals surface area contributed by atoms with Gasteiger partial charge in [-0.15, -0.1) is 5.10 Å². The zero-order valence-electron chi connectivity index (χ0n) is 19.1. The van der Waals surface area contributed by atoms with Gasteiger partial charge in [-0.05, 0) is 54.0 Å². The Morgan fingerprint density at radius 3 is 2.80 bits per heavy atom. The fourth-order valence-corrected chi connectivity index (χ4v) is 4.59. The van der Waals surface area contributed by atoms with Gasteiger partial charge in [0.05, 0.1) is 24.0 Å². The zero-order valence-corrected chi connectivity index (χ0v) is 19.9. The lowest BCUT2D eigenvalue weighted by Crippen LogP contribution is -2.49. The Morgan fingerprint density at radius 2 is 2.06 bits per heavy atom. The van der Waals surface area contributed by atoms with Crippen LogP contribution >= 0.6 is 11.6 Å². The summed E-state index contributed by atoms with van der Waals surface area (Å²) in [6, 6.07) is 5.33. The molecule has 1 aliphatic carbocycles. The zero-order chi connectivity index (χ0) is 24.0. The molecule has 1 amide bonds. The first-order valence-corrected chi connectivity index (χ1v) is 11.8. The summed E-state index contributed by atoms with van der Waals surface area (Å²) in [6.45, 7) is 4.86. The maximum absolute atomic E-state index is 12.8. The van der Waals surface area contributed by atoms with E-state index in [1.165, 1.54) is 23.9 Å². The second kappa shape index (κ2) is 8.42. The number of aryl methyl sites for hydroxylation is 1. The van der Waals surface area contributed by atoms with Gasteiger partial charge in [-0.25, -0.2) is 14.6 Å². The van der Waals surface area contributed by atoms with E-state index in [1.807, 2.05) is 13.1 Å². The number of amides is 1. The van der Waals surface area contributed by atoms with Crippen molar-refractivity contribution < 1.29 is 4.79 Å². The van der Waals surface area contributed by atoms with Crippen LogP contribution in [0.4, 0.5) is 5.95 Å². The number of rotatable bonds is 7. The van der Waals surface area contributed by atoms with Gasteiger partial charge in [-0.1, -0.05) is 11.6 Å². The van der Waals surface area contributed by atoms with E-state index in [9.17, 15) is 4.79 Å². The van der Waals surface area contributed by atoms with Crippen molar-refractivity contribution >= 4 is 23.5 Å². The van der Waals surface area contributed by atoms with E-state index in [1.54, 1.807) is 35.3 Å². The van der Waals surface area contributed by atoms with Gasteiger partial charge in [-0.3, -0.25) is 9.48 Å². The Morgan fingerprint density at radius 1 is 1.20 bits per heavy atom. The molecule has 0 radical (unpaired) electrons. The number of halogens is 1. The number of aromatic nitrogens is 8. The highest BCUT2D eigenvalue weighted by Crippen LogP contribution is 2.53. The number of nitrogens with one attached hydrogen (secondary N) is 1. The molecule has 0 unspecified atom stereocenters. The highest BCUT2D eigenvalue weighted by Gasteiger charge is 2.53. The number of nitrogens with zero attached hydrogens (tertiary/aromatic N) is 9. The molecule has 0 atom stereocenters. The second-order valence-corrected chi connectivity index (χ2v) is 9.71. The second-order valence-electron chi connectivity index (χ2n) is 9.27. The number of hydrogen-bond donors (Lipinski definition) is 1. The molecule has 4 heterocycles. The molecule has 1 aliphatic heterocycles. The fourth-order valence-electron chi connectivity index (χ4n) is 4.40. The lowest BCUT2D eigenvalue weighted by molar-refractivity contribution is 0.0951. The summed E-state index contributed by atoms with van der Waals surface area (Å²) in [4.78, 5) is 24.3. The van der Waals surface area contributed by atoms with Gasteiger partial charge in [-0.2, -0.15) is 5.10 Å². The minimum Gasteiger partial charge on any atom is -0.348 e. The summed E-state index contributed by atoms with van der Waals surface area (Å²) in [6.07, 6.45) is 9.27. The average Bonchev–Trinajstić information content (AvgIpc) is 3.21. The SMILES string of the molecule is Cc1nc(N2CC3(CC3)C2)ncc1Cn1cc(C(=O)NCc2cc(Cl)ccc2-n2cnnn2)cn1. The quantitative estimate of drug-likeness (QED) is 0.418. The first-order valence-electron chi connectivity index (χ1n) is 11.4. The number of carbonyl (C=O) groups is 1. The summed E-state index contributed by atoms with van der Waals surface area (Å²) in [7, 11) is 0. The fraction of sp³-hybridized carbons (Fsp3) is 0.348. The largest absolute Gasteiger partial charge is 0.348 e. The number of carbonyl (C=O) groups excluding carboxylic acids is 1. The van der Waals surface area contributed by atoms with Crippen LogP contribution in [0.2, 0.25) is 5.02 Å². The van der Waals surface area contributed by atoms with Crippen LogP contribution in [0.1, 0.15) is 40.0 Å². The van der Waals surface area contributed by atoms with Gasteiger partial charge < -0.3 is 10.2 Å². The molecule has 0 bridgehead atoms. The monoisotopic (exact) mass is 490 g/mol. The molecule has 35 heavy (non-hydrogen) atoms. The van der Waals surface area contributed by atoms with Crippen molar-refractivity contribution in [2.45, 2.75) is 32.9 Å². The van der Waals surface area contributed by atoms with Gasteiger partial charge in [0.2, 0.25) is 5.95 Å². The summed E-state index contributed by atoms with van der Waals surface area (Å²) in [5, 5.41) is 19.1. The lowest BCUT2D eigenvalue weighted by atomic mass is 9.98. The predicted molar refractivity (Wildman–Crippen MR) is 127 cm³/mol. The number of anilines is 1. The Kier molecular flexibility index (Phi) is 5.21. The number of hydrogen-bond acceptors (Lipinski definition) is 8. The first-order chi connectivity index (χ1) is 17.0. The Bertz CT molecular complexity index is 1390. The maximum atomic E-state index is 12.8. The van der Waals surface area contributed by atoms with Crippen molar-refractivity contribution in [1.29, 1.82) is 0 Å². The topological polar surface area (TPSA) is 120 Å². The molecular weight excluding hydrogens is 468 g/mol. The smallest absolute Gasteiger partial charge is 0.254 e. The van der Waals surface area contributed by atoms with Crippen LogP contribution in [-0.2, 0) is 13.1 Å². The van der Waals surface area contributed by atoms with Crippen molar-refractivity contribution in [1.82, 2.24) is 45.3 Å². The van der Waals surface area contributed by atoms with E-state index in [2.05, 4.69) is 35.8 Å². The van der Waals surface area contributed by atoms with Gasteiger partial charge in [0.25, 0.3) is 5.91 Å². The number of tetrazole rings is 1. The Hall–Kier alpha value is -3.86. The highest BCUT2D eigenvalue weighted by molar-refractivity contribution is 6.30. The van der Waals surface area contributed by atoms with Crippen LogP contribution in [0.15, 0.2) is 43.1 Å². The number of benzene rings is 1. The highest BCUT2D eigenvalue weighted by atomic mass is 35.5. The molecule has 1 saturated carbocycles. The van der Waals surface area contributed by atoms with E-state index in [0.29, 0.717) is 22.5 Å². The first kappa shape index (κ1) is 21.7. The van der Waals surface area contributed by atoms with Crippen LogP contribution in [0, 0.1) is 12.3 Å². The van der Waals surface area contributed by atoms with E-state index in [-0.39, 0.29) is 12.5 Å². The third-order valence-corrected chi connectivity index (χ3v) is 6.90. The van der Waals surface area contributed by atoms with Crippen LogP contribution < -0.4 is 10.2 Å². The minimum atomic E-state index is -0.242. The third kappa shape index (κ3) is 4.34. The maximum Gasteiger partial charge on any atom is 0.254 e. The molecule has 1 spiro atoms. The summed E-state index contributed by atoms with van der Waals surface area (Å²) >= 11 is 6.16. The van der Waals surface area contributed by atoms with Crippen LogP contribution in [0.3, 0.4) is 0 Å². The molecule has 12 heteroatoms. The van der Waals surface area contributed by atoms with Crippen molar-refractivity contribution in [3.8, 4) is 5.69 Å². The van der Waals surface area contributed by atoms with Gasteiger partial charge >= 0.3 is 0 Å². The van der Waals surface area contributed by atoms with Gasteiger partial charge in [0, 0.05) is 53.7 Å². The summed E-state index contributed by atoms with van der Waals surface area (Å²) < 4.78 is 3.24. The van der Waals surface area contributed by atoms with Crippen LogP contribution in [-0.4, -0.2) is 59.0 Å². The summed E-state index contributed by atoms with van der Waals surface area (Å²) in [5.41, 5.74) is 4.43.